The van der Waals surface area contributed by atoms with Crippen LogP contribution in [0, 0.1) is 0 Å². The molecule has 2 aromatic carbocycles. The largest absolute Gasteiger partial charge is 0.350 e. The lowest BCUT2D eigenvalue weighted by molar-refractivity contribution is -0.119. The number of benzene rings is 2. The number of rotatable bonds is 8. The summed E-state index contributed by atoms with van der Waals surface area (Å²) in [6.07, 6.45) is 3.47. The number of halogens is 2. The van der Waals surface area contributed by atoms with Gasteiger partial charge in [0.1, 0.15) is 6.54 Å². The highest BCUT2D eigenvalue weighted by Crippen LogP contribution is 2.27. The van der Waals surface area contributed by atoms with Crippen LogP contribution in [0.1, 0.15) is 24.0 Å². The first kappa shape index (κ1) is 22.9. The molecule has 0 spiro atoms. The average molecular weight is 470 g/mol. The Balaban J connectivity index is 1.68. The maximum absolute atomic E-state index is 12.6. The fraction of sp³-hybridized carbons (Fsp3) is 0.381. The Morgan fingerprint density at radius 3 is 2.27 bits per heavy atom. The van der Waals surface area contributed by atoms with Gasteiger partial charge in [0.05, 0.1) is 11.9 Å². The molecule has 1 aliphatic rings. The van der Waals surface area contributed by atoms with Crippen LogP contribution in [0.15, 0.2) is 42.5 Å². The molecular formula is C21H25Cl2N3O3S. The van der Waals surface area contributed by atoms with Crippen molar-refractivity contribution in [2.24, 2.45) is 0 Å². The molecule has 0 bridgehead atoms. The normalized spacial score (nSPS) is 14.6. The molecule has 1 aliphatic heterocycles. The fourth-order valence-electron chi connectivity index (χ4n) is 3.53. The summed E-state index contributed by atoms with van der Waals surface area (Å²) in [5, 5.41) is 3.42. The van der Waals surface area contributed by atoms with E-state index in [9.17, 15) is 13.2 Å². The van der Waals surface area contributed by atoms with Gasteiger partial charge in [0.25, 0.3) is 0 Å². The molecule has 0 aliphatic carbocycles. The fourth-order valence-corrected chi connectivity index (χ4v) is 4.88. The lowest BCUT2D eigenvalue weighted by Gasteiger charge is -2.23. The van der Waals surface area contributed by atoms with Crippen molar-refractivity contribution in [3.8, 4) is 0 Å². The van der Waals surface area contributed by atoms with Crippen molar-refractivity contribution in [2.75, 3.05) is 30.2 Å². The highest BCUT2D eigenvalue weighted by molar-refractivity contribution is 7.92. The van der Waals surface area contributed by atoms with E-state index in [1.807, 2.05) is 18.2 Å². The van der Waals surface area contributed by atoms with Crippen molar-refractivity contribution in [3.63, 3.8) is 0 Å². The Bertz CT molecular complexity index is 988. The van der Waals surface area contributed by atoms with Crippen LogP contribution in [0.4, 0.5) is 5.69 Å². The molecule has 0 unspecified atom stereocenters. The number of carbonyl (C=O) groups excluding carboxylic acids is 1. The van der Waals surface area contributed by atoms with Crippen LogP contribution in [-0.4, -0.2) is 45.1 Å². The molecule has 0 saturated carbocycles. The minimum absolute atomic E-state index is 0.250. The van der Waals surface area contributed by atoms with Gasteiger partial charge in [0.15, 0.2) is 0 Å². The summed E-state index contributed by atoms with van der Waals surface area (Å²) in [4.78, 5) is 15.0. The number of hydrogen-bond donors (Lipinski definition) is 1. The van der Waals surface area contributed by atoms with Crippen LogP contribution in [0.2, 0.25) is 10.0 Å². The molecule has 1 fully saturated rings. The number of anilines is 1. The van der Waals surface area contributed by atoms with E-state index in [1.165, 1.54) is 36.6 Å². The maximum Gasteiger partial charge on any atom is 0.241 e. The molecule has 1 N–H and O–H groups in total. The Morgan fingerprint density at radius 2 is 1.67 bits per heavy atom. The number of sulfonamides is 1. The van der Waals surface area contributed by atoms with Crippen molar-refractivity contribution in [1.29, 1.82) is 0 Å². The molecule has 6 nitrogen and oxygen atoms in total. The summed E-state index contributed by atoms with van der Waals surface area (Å²) in [6, 6.07) is 12.4. The van der Waals surface area contributed by atoms with Gasteiger partial charge in [0, 0.05) is 23.1 Å². The first-order chi connectivity index (χ1) is 14.2. The van der Waals surface area contributed by atoms with E-state index in [0.29, 0.717) is 16.6 Å². The van der Waals surface area contributed by atoms with Crippen molar-refractivity contribution in [1.82, 2.24) is 10.2 Å². The number of likely N-dealkylation sites (tertiary alicyclic amines) is 1. The number of hydrogen-bond acceptors (Lipinski definition) is 4. The molecule has 3 rings (SSSR count). The predicted molar refractivity (Wildman–Crippen MR) is 121 cm³/mol. The van der Waals surface area contributed by atoms with Crippen molar-refractivity contribution < 1.29 is 13.2 Å². The average Bonchev–Trinajstić information content (AvgIpc) is 3.17. The second-order valence-corrected chi connectivity index (χ2v) is 10.2. The van der Waals surface area contributed by atoms with Crippen molar-refractivity contribution >= 4 is 44.8 Å². The van der Waals surface area contributed by atoms with Crippen LogP contribution in [0.25, 0.3) is 0 Å². The van der Waals surface area contributed by atoms with Crippen molar-refractivity contribution in [3.05, 3.63) is 63.6 Å². The van der Waals surface area contributed by atoms with Crippen LogP contribution < -0.4 is 9.62 Å². The van der Waals surface area contributed by atoms with E-state index in [4.69, 9.17) is 23.2 Å². The van der Waals surface area contributed by atoms with E-state index < -0.39 is 15.9 Å². The maximum atomic E-state index is 12.6. The molecule has 9 heteroatoms. The minimum Gasteiger partial charge on any atom is -0.350 e. The second kappa shape index (κ2) is 10.0. The second-order valence-electron chi connectivity index (χ2n) is 7.43. The van der Waals surface area contributed by atoms with Crippen molar-refractivity contribution in [2.45, 2.75) is 25.9 Å². The third-order valence-corrected chi connectivity index (χ3v) is 6.59. The zero-order chi connectivity index (χ0) is 21.7. The summed E-state index contributed by atoms with van der Waals surface area (Å²) in [6.45, 7) is 3.00. The predicted octanol–water partition coefficient (Wildman–Crippen LogP) is 3.67. The van der Waals surface area contributed by atoms with Gasteiger partial charge < -0.3 is 5.32 Å². The Hall–Kier alpha value is -1.80. The molecule has 1 amide bonds. The Morgan fingerprint density at radius 1 is 1.07 bits per heavy atom. The van der Waals surface area contributed by atoms with Gasteiger partial charge in [-0.25, -0.2) is 8.42 Å². The van der Waals surface area contributed by atoms with Gasteiger partial charge in [-0.3, -0.25) is 14.0 Å². The lowest BCUT2D eigenvalue weighted by Crippen LogP contribution is -2.40. The molecule has 1 saturated heterocycles. The molecule has 162 valence electrons. The van der Waals surface area contributed by atoms with Gasteiger partial charge in [-0.2, -0.15) is 0 Å². The van der Waals surface area contributed by atoms with Crippen LogP contribution in [-0.2, 0) is 27.9 Å². The van der Waals surface area contributed by atoms with Gasteiger partial charge in [0.2, 0.25) is 15.9 Å². The number of amides is 1. The number of nitrogens with zero attached hydrogens (tertiary/aromatic N) is 2. The van der Waals surface area contributed by atoms with Gasteiger partial charge in [-0.1, -0.05) is 47.5 Å². The first-order valence-electron chi connectivity index (χ1n) is 9.72. The summed E-state index contributed by atoms with van der Waals surface area (Å²) in [5.41, 5.74) is 2.44. The summed E-state index contributed by atoms with van der Waals surface area (Å²) in [5.74, 6) is -0.410. The first-order valence-corrected chi connectivity index (χ1v) is 12.3. The standard InChI is InChI=1S/C21H25Cl2N3O3S/c1-30(28,29)26(20-11-18(22)10-19(23)12-20)15-21(27)24-13-16-6-2-3-7-17(16)14-25-8-4-5-9-25/h2-3,6-7,10-12H,4-5,8-9,13-15H2,1H3,(H,24,27). The lowest BCUT2D eigenvalue weighted by atomic mass is 10.1. The van der Waals surface area contributed by atoms with E-state index in [1.54, 1.807) is 0 Å². The third-order valence-electron chi connectivity index (χ3n) is 5.01. The molecule has 0 atom stereocenters. The monoisotopic (exact) mass is 469 g/mol. The van der Waals surface area contributed by atoms with Crippen LogP contribution in [0.5, 0.6) is 0 Å². The van der Waals surface area contributed by atoms with E-state index in [0.717, 1.165) is 35.8 Å². The Kier molecular flexibility index (Phi) is 7.63. The van der Waals surface area contributed by atoms with Crippen LogP contribution >= 0.6 is 23.2 Å². The third kappa shape index (κ3) is 6.35. The molecule has 30 heavy (non-hydrogen) atoms. The SMILES string of the molecule is CS(=O)(=O)N(CC(=O)NCc1ccccc1CN1CCCC1)c1cc(Cl)cc(Cl)c1. The summed E-state index contributed by atoms with van der Waals surface area (Å²) < 4.78 is 25.5. The molecular weight excluding hydrogens is 445 g/mol. The molecule has 0 radical (unpaired) electrons. The van der Waals surface area contributed by atoms with Gasteiger partial charge in [-0.15, -0.1) is 0 Å². The molecule has 0 aromatic heterocycles. The van der Waals surface area contributed by atoms with Gasteiger partial charge in [-0.05, 0) is 55.3 Å². The number of carbonyl (C=O) groups is 1. The smallest absolute Gasteiger partial charge is 0.241 e. The van der Waals surface area contributed by atoms with E-state index in [2.05, 4.69) is 16.3 Å². The van der Waals surface area contributed by atoms with Gasteiger partial charge >= 0.3 is 0 Å². The molecule has 2 aromatic rings. The van der Waals surface area contributed by atoms with E-state index in [-0.39, 0.29) is 12.2 Å². The topological polar surface area (TPSA) is 69.7 Å². The zero-order valence-corrected chi connectivity index (χ0v) is 19.1. The summed E-state index contributed by atoms with van der Waals surface area (Å²) >= 11 is 12.0. The highest BCUT2D eigenvalue weighted by atomic mass is 35.5. The number of nitrogens with one attached hydrogen (secondary N) is 1. The molecule has 1 heterocycles. The Labute approximate surface area is 187 Å². The zero-order valence-electron chi connectivity index (χ0n) is 16.8. The minimum atomic E-state index is -3.70. The highest BCUT2D eigenvalue weighted by Gasteiger charge is 2.22. The quantitative estimate of drug-likeness (QED) is 0.639. The van der Waals surface area contributed by atoms with Crippen LogP contribution in [0.3, 0.4) is 0 Å². The summed E-state index contributed by atoms with van der Waals surface area (Å²) in [7, 11) is -3.70. The van der Waals surface area contributed by atoms with E-state index >= 15 is 0 Å².